The van der Waals surface area contributed by atoms with Gasteiger partial charge in [-0.25, -0.2) is 0 Å². The molecule has 1 saturated heterocycles. The number of hydrogen-bond donors (Lipinski definition) is 1. The molecule has 5 nitrogen and oxygen atoms in total. The number of nitrogens with one attached hydrogen (secondary N) is 1. The van der Waals surface area contributed by atoms with E-state index in [1.165, 1.54) is 17.2 Å². The third-order valence-corrected chi connectivity index (χ3v) is 5.82. The second-order valence-corrected chi connectivity index (χ2v) is 8.02. The number of fused-ring (bicyclic) bond motifs is 1. The van der Waals surface area contributed by atoms with Crippen molar-refractivity contribution in [2.75, 3.05) is 29.5 Å². The summed E-state index contributed by atoms with van der Waals surface area (Å²) in [5.74, 6) is 3.50. The van der Waals surface area contributed by atoms with Gasteiger partial charge in [0.1, 0.15) is 6.10 Å². The van der Waals surface area contributed by atoms with Crippen molar-refractivity contribution in [2.45, 2.75) is 25.7 Å². The highest BCUT2D eigenvalue weighted by Crippen LogP contribution is 2.33. The van der Waals surface area contributed by atoms with Crippen molar-refractivity contribution >= 4 is 23.4 Å². The lowest BCUT2D eigenvalue weighted by Gasteiger charge is -2.31. The molecule has 2 aliphatic rings. The fourth-order valence-electron chi connectivity index (χ4n) is 3.34. The number of rotatable bonds is 4. The standard InChI is InChI=1S/C21H24N2O3S/c1-15-20(26-19-5-3-2-4-18(19)25-15)21(24)22-14-16-6-8-17(9-7-16)23-10-12-27-13-11-23/h2-9,15,20H,10-14H2,1H3,(H,22,24)/t15-,20-/m0/s1. The van der Waals surface area contributed by atoms with Crippen LogP contribution in [0.2, 0.25) is 0 Å². The minimum atomic E-state index is -0.648. The van der Waals surface area contributed by atoms with Gasteiger partial charge in [0.15, 0.2) is 11.5 Å². The largest absolute Gasteiger partial charge is 0.482 e. The molecule has 0 spiro atoms. The van der Waals surface area contributed by atoms with Crippen LogP contribution in [-0.4, -0.2) is 42.7 Å². The summed E-state index contributed by atoms with van der Waals surface area (Å²) in [6.07, 6.45) is -0.982. The van der Waals surface area contributed by atoms with Crippen LogP contribution in [0.3, 0.4) is 0 Å². The number of amides is 1. The lowest BCUT2D eigenvalue weighted by Crippen LogP contribution is -2.48. The zero-order valence-electron chi connectivity index (χ0n) is 15.4. The maximum absolute atomic E-state index is 12.6. The van der Waals surface area contributed by atoms with Gasteiger partial charge in [0.05, 0.1) is 0 Å². The number of para-hydroxylation sites is 2. The molecule has 1 amide bonds. The summed E-state index contributed by atoms with van der Waals surface area (Å²) >= 11 is 2.01. The third-order valence-electron chi connectivity index (χ3n) is 4.88. The molecule has 4 rings (SSSR count). The average molecular weight is 385 g/mol. The monoisotopic (exact) mass is 384 g/mol. The van der Waals surface area contributed by atoms with Crippen LogP contribution in [0.1, 0.15) is 12.5 Å². The first kappa shape index (κ1) is 18.0. The molecule has 0 unspecified atom stereocenters. The van der Waals surface area contributed by atoms with E-state index in [-0.39, 0.29) is 12.0 Å². The van der Waals surface area contributed by atoms with Crippen molar-refractivity contribution in [3.8, 4) is 11.5 Å². The van der Waals surface area contributed by atoms with Gasteiger partial charge in [0, 0.05) is 36.8 Å². The molecule has 0 aliphatic carbocycles. The minimum absolute atomic E-state index is 0.158. The fourth-order valence-corrected chi connectivity index (χ4v) is 4.25. The number of ether oxygens (including phenoxy) is 2. The zero-order valence-corrected chi connectivity index (χ0v) is 16.2. The Labute approximate surface area is 164 Å². The van der Waals surface area contributed by atoms with Crippen LogP contribution >= 0.6 is 11.8 Å². The van der Waals surface area contributed by atoms with Crippen molar-refractivity contribution in [3.05, 3.63) is 54.1 Å². The maximum atomic E-state index is 12.6. The van der Waals surface area contributed by atoms with Crippen LogP contribution < -0.4 is 19.7 Å². The predicted molar refractivity (Wildman–Crippen MR) is 109 cm³/mol. The summed E-state index contributed by atoms with van der Waals surface area (Å²) in [5, 5.41) is 2.97. The Balaban J connectivity index is 1.34. The number of nitrogens with zero attached hydrogens (tertiary/aromatic N) is 1. The summed E-state index contributed by atoms with van der Waals surface area (Å²) in [4.78, 5) is 15.0. The van der Waals surface area contributed by atoms with Crippen molar-refractivity contribution in [2.24, 2.45) is 0 Å². The molecule has 27 heavy (non-hydrogen) atoms. The summed E-state index contributed by atoms with van der Waals surface area (Å²) < 4.78 is 11.7. The van der Waals surface area contributed by atoms with Crippen molar-refractivity contribution in [1.82, 2.24) is 5.32 Å². The van der Waals surface area contributed by atoms with E-state index in [1.54, 1.807) is 0 Å². The van der Waals surface area contributed by atoms with E-state index in [1.807, 2.05) is 43.0 Å². The Bertz CT molecular complexity index is 790. The molecular weight excluding hydrogens is 360 g/mol. The summed E-state index contributed by atoms with van der Waals surface area (Å²) in [5.41, 5.74) is 2.32. The van der Waals surface area contributed by atoms with Gasteiger partial charge >= 0.3 is 0 Å². The van der Waals surface area contributed by atoms with Gasteiger partial charge in [-0.05, 0) is 36.8 Å². The van der Waals surface area contributed by atoms with Gasteiger partial charge in [-0.3, -0.25) is 4.79 Å². The number of hydrogen-bond acceptors (Lipinski definition) is 5. The first-order valence-electron chi connectivity index (χ1n) is 9.32. The number of anilines is 1. The number of carbonyl (C=O) groups excluding carboxylic acids is 1. The van der Waals surface area contributed by atoms with E-state index in [2.05, 4.69) is 34.5 Å². The molecule has 1 fully saturated rings. The van der Waals surface area contributed by atoms with Gasteiger partial charge < -0.3 is 19.7 Å². The first-order valence-corrected chi connectivity index (χ1v) is 10.5. The Morgan fingerprint density at radius 1 is 1.07 bits per heavy atom. The van der Waals surface area contributed by atoms with E-state index in [0.29, 0.717) is 18.0 Å². The number of thioether (sulfide) groups is 1. The second-order valence-electron chi connectivity index (χ2n) is 6.79. The SMILES string of the molecule is C[C@@H]1Oc2ccccc2O[C@@H]1C(=O)NCc1ccc(N2CCSCC2)cc1. The highest BCUT2D eigenvalue weighted by molar-refractivity contribution is 7.99. The van der Waals surface area contributed by atoms with Crippen LogP contribution in [0.25, 0.3) is 0 Å². The van der Waals surface area contributed by atoms with Crippen molar-refractivity contribution in [3.63, 3.8) is 0 Å². The molecule has 2 aromatic carbocycles. The Hall–Kier alpha value is -2.34. The van der Waals surface area contributed by atoms with Gasteiger partial charge in [0.2, 0.25) is 6.10 Å². The first-order chi connectivity index (χ1) is 13.2. The van der Waals surface area contributed by atoms with Gasteiger partial charge in [-0.15, -0.1) is 0 Å². The number of carbonyl (C=O) groups is 1. The summed E-state index contributed by atoms with van der Waals surface area (Å²) in [6.45, 7) is 4.52. The van der Waals surface area contributed by atoms with Crippen LogP contribution in [0, 0.1) is 0 Å². The van der Waals surface area contributed by atoms with Crippen LogP contribution in [0.4, 0.5) is 5.69 Å². The highest BCUT2D eigenvalue weighted by atomic mass is 32.2. The summed E-state index contributed by atoms with van der Waals surface area (Å²) in [6, 6.07) is 15.9. The van der Waals surface area contributed by atoms with Gasteiger partial charge in [0.25, 0.3) is 5.91 Å². The van der Waals surface area contributed by atoms with Crippen LogP contribution in [-0.2, 0) is 11.3 Å². The predicted octanol–water partition coefficient (Wildman–Crippen LogP) is 3.08. The van der Waals surface area contributed by atoms with E-state index >= 15 is 0 Å². The Morgan fingerprint density at radius 2 is 1.74 bits per heavy atom. The topological polar surface area (TPSA) is 50.8 Å². The minimum Gasteiger partial charge on any atom is -0.482 e. The molecule has 2 aromatic rings. The van der Waals surface area contributed by atoms with E-state index in [4.69, 9.17) is 9.47 Å². The molecule has 2 heterocycles. The normalized spacial score (nSPS) is 21.6. The Morgan fingerprint density at radius 3 is 2.44 bits per heavy atom. The molecule has 6 heteroatoms. The molecule has 2 atom stereocenters. The molecular formula is C21H24N2O3S. The maximum Gasteiger partial charge on any atom is 0.265 e. The lowest BCUT2D eigenvalue weighted by molar-refractivity contribution is -0.133. The molecule has 142 valence electrons. The highest BCUT2D eigenvalue weighted by Gasteiger charge is 2.33. The molecule has 0 radical (unpaired) electrons. The van der Waals surface area contributed by atoms with E-state index in [9.17, 15) is 4.79 Å². The smallest absolute Gasteiger partial charge is 0.265 e. The zero-order chi connectivity index (χ0) is 18.6. The van der Waals surface area contributed by atoms with Crippen molar-refractivity contribution in [1.29, 1.82) is 0 Å². The molecule has 0 aromatic heterocycles. The van der Waals surface area contributed by atoms with Gasteiger partial charge in [-0.2, -0.15) is 11.8 Å². The summed E-state index contributed by atoms with van der Waals surface area (Å²) in [7, 11) is 0. The quantitative estimate of drug-likeness (QED) is 0.878. The molecule has 1 N–H and O–H groups in total. The van der Waals surface area contributed by atoms with Crippen LogP contribution in [0.5, 0.6) is 11.5 Å². The van der Waals surface area contributed by atoms with Crippen LogP contribution in [0.15, 0.2) is 48.5 Å². The van der Waals surface area contributed by atoms with Gasteiger partial charge in [-0.1, -0.05) is 24.3 Å². The second kappa shape index (κ2) is 8.13. The molecule has 0 saturated carbocycles. The van der Waals surface area contributed by atoms with E-state index in [0.717, 1.165) is 18.7 Å². The lowest BCUT2D eigenvalue weighted by atomic mass is 10.1. The molecule has 2 aliphatic heterocycles. The molecule has 0 bridgehead atoms. The Kier molecular flexibility index (Phi) is 5.43. The van der Waals surface area contributed by atoms with Crippen molar-refractivity contribution < 1.29 is 14.3 Å². The van der Waals surface area contributed by atoms with E-state index < -0.39 is 6.10 Å². The number of benzene rings is 2. The fraction of sp³-hybridized carbons (Fsp3) is 0.381. The third kappa shape index (κ3) is 4.16. The average Bonchev–Trinajstić information content (AvgIpc) is 2.72.